The summed E-state index contributed by atoms with van der Waals surface area (Å²) in [6.45, 7) is 2.02. The van der Waals surface area contributed by atoms with E-state index in [9.17, 15) is 23.3 Å². The maximum atomic E-state index is 12.5. The summed E-state index contributed by atoms with van der Waals surface area (Å²) in [5, 5.41) is 11.4. The van der Waals surface area contributed by atoms with Crippen molar-refractivity contribution in [2.24, 2.45) is 5.92 Å². The van der Waals surface area contributed by atoms with Crippen LogP contribution < -0.4 is 4.74 Å². The Labute approximate surface area is 115 Å². The maximum absolute atomic E-state index is 12.5. The first-order valence-electron chi connectivity index (χ1n) is 5.30. The summed E-state index contributed by atoms with van der Waals surface area (Å²) in [5.41, 5.74) is -1.75. The first kappa shape index (κ1) is 15.7. The Morgan fingerprint density at radius 1 is 1.47 bits per heavy atom. The Bertz CT molecular complexity index is 465. The molecule has 0 radical (unpaired) electrons. The van der Waals surface area contributed by atoms with Gasteiger partial charge in [-0.2, -0.15) is 13.2 Å². The Morgan fingerprint density at radius 2 is 2.11 bits per heavy atom. The molecule has 0 aliphatic rings. The van der Waals surface area contributed by atoms with Gasteiger partial charge in [-0.1, -0.05) is 22.9 Å². The van der Waals surface area contributed by atoms with Crippen LogP contribution in [0.5, 0.6) is 5.75 Å². The molecule has 1 unspecified atom stereocenters. The Balaban J connectivity index is 3.02. The quantitative estimate of drug-likeness (QED) is 0.461. The van der Waals surface area contributed by atoms with Gasteiger partial charge >= 0.3 is 11.9 Å². The summed E-state index contributed by atoms with van der Waals surface area (Å²) in [6, 6.07) is 2.22. The summed E-state index contributed by atoms with van der Waals surface area (Å²) in [5.74, 6) is -0.0762. The van der Waals surface area contributed by atoms with Gasteiger partial charge in [0.15, 0.2) is 5.75 Å². The van der Waals surface area contributed by atoms with Crippen LogP contribution in [0.25, 0.3) is 0 Å². The summed E-state index contributed by atoms with van der Waals surface area (Å²) in [6.07, 6.45) is -4.62. The molecule has 0 amide bonds. The number of nitro benzene ring substituents is 1. The van der Waals surface area contributed by atoms with Crippen LogP contribution in [-0.4, -0.2) is 16.9 Å². The molecule has 8 heteroatoms. The fourth-order valence-corrected chi connectivity index (χ4v) is 1.42. The van der Waals surface area contributed by atoms with Crippen molar-refractivity contribution in [3.63, 3.8) is 0 Å². The third-order valence-electron chi connectivity index (χ3n) is 2.27. The lowest BCUT2D eigenvalue weighted by Gasteiger charge is -2.12. The van der Waals surface area contributed by atoms with Crippen molar-refractivity contribution in [1.29, 1.82) is 0 Å². The van der Waals surface area contributed by atoms with E-state index in [4.69, 9.17) is 4.74 Å². The molecule has 4 nitrogen and oxygen atoms in total. The van der Waals surface area contributed by atoms with Crippen molar-refractivity contribution >= 4 is 21.6 Å². The minimum absolute atomic E-state index is 0.0851. The van der Waals surface area contributed by atoms with E-state index in [0.717, 1.165) is 12.1 Å². The highest BCUT2D eigenvalue weighted by Crippen LogP contribution is 2.36. The third kappa shape index (κ3) is 4.38. The molecule has 1 rings (SSSR count). The standard InChI is InChI=1S/C11H11BrF3NO3/c1-7(5-12)6-19-10-3-2-8(11(13,14)15)4-9(10)16(17)18/h2-4,7H,5-6H2,1H3. The number of hydrogen-bond donors (Lipinski definition) is 0. The van der Waals surface area contributed by atoms with Gasteiger partial charge in [-0.15, -0.1) is 0 Å². The second kappa shape index (κ2) is 6.23. The second-order valence-electron chi connectivity index (χ2n) is 4.01. The van der Waals surface area contributed by atoms with Crippen molar-refractivity contribution in [3.05, 3.63) is 33.9 Å². The normalized spacial score (nSPS) is 13.1. The van der Waals surface area contributed by atoms with E-state index in [1.165, 1.54) is 0 Å². The monoisotopic (exact) mass is 341 g/mol. The molecule has 0 aromatic heterocycles. The number of nitro groups is 1. The first-order valence-corrected chi connectivity index (χ1v) is 6.42. The molecule has 0 heterocycles. The van der Waals surface area contributed by atoms with E-state index in [0.29, 0.717) is 11.4 Å². The van der Waals surface area contributed by atoms with Gasteiger partial charge in [-0.25, -0.2) is 0 Å². The van der Waals surface area contributed by atoms with Crippen LogP contribution in [0.15, 0.2) is 18.2 Å². The molecule has 19 heavy (non-hydrogen) atoms. The van der Waals surface area contributed by atoms with Gasteiger partial charge in [-0.05, 0) is 18.1 Å². The maximum Gasteiger partial charge on any atom is 0.416 e. The Morgan fingerprint density at radius 3 is 2.58 bits per heavy atom. The number of hydrogen-bond acceptors (Lipinski definition) is 3. The largest absolute Gasteiger partial charge is 0.486 e. The molecule has 0 spiro atoms. The van der Waals surface area contributed by atoms with E-state index >= 15 is 0 Å². The lowest BCUT2D eigenvalue weighted by Crippen LogP contribution is -2.11. The fraction of sp³-hybridized carbons (Fsp3) is 0.455. The average Bonchev–Trinajstić information content (AvgIpc) is 2.34. The molecule has 106 valence electrons. The van der Waals surface area contributed by atoms with Crippen LogP contribution >= 0.6 is 15.9 Å². The summed E-state index contributed by atoms with van der Waals surface area (Å²) in [7, 11) is 0. The Kier molecular flexibility index (Phi) is 5.16. The number of benzene rings is 1. The summed E-state index contributed by atoms with van der Waals surface area (Å²) >= 11 is 3.21. The molecule has 1 aromatic carbocycles. The van der Waals surface area contributed by atoms with Crippen LogP contribution in [0.1, 0.15) is 12.5 Å². The highest BCUT2D eigenvalue weighted by molar-refractivity contribution is 9.09. The molecule has 0 N–H and O–H groups in total. The van der Waals surface area contributed by atoms with Crippen LogP contribution in [0.3, 0.4) is 0 Å². The van der Waals surface area contributed by atoms with E-state index < -0.39 is 22.4 Å². The predicted molar refractivity (Wildman–Crippen MR) is 66.6 cm³/mol. The fourth-order valence-electron chi connectivity index (χ4n) is 1.24. The summed E-state index contributed by atoms with van der Waals surface area (Å²) < 4.78 is 42.6. The van der Waals surface area contributed by atoms with E-state index in [2.05, 4.69) is 15.9 Å². The number of rotatable bonds is 5. The van der Waals surface area contributed by atoms with Crippen molar-refractivity contribution in [2.45, 2.75) is 13.1 Å². The molecule has 0 saturated carbocycles. The minimum atomic E-state index is -4.62. The van der Waals surface area contributed by atoms with Crippen LogP contribution in [0.2, 0.25) is 0 Å². The van der Waals surface area contributed by atoms with Gasteiger partial charge in [0.05, 0.1) is 17.1 Å². The van der Waals surface area contributed by atoms with E-state index in [-0.39, 0.29) is 18.3 Å². The van der Waals surface area contributed by atoms with Gasteiger partial charge in [0, 0.05) is 11.4 Å². The molecule has 0 aliphatic heterocycles. The zero-order valence-electron chi connectivity index (χ0n) is 9.91. The second-order valence-corrected chi connectivity index (χ2v) is 4.66. The van der Waals surface area contributed by atoms with Gasteiger partial charge in [0.1, 0.15) is 0 Å². The van der Waals surface area contributed by atoms with Crippen LogP contribution in [0, 0.1) is 16.0 Å². The highest BCUT2D eigenvalue weighted by atomic mass is 79.9. The molecule has 0 saturated heterocycles. The van der Waals surface area contributed by atoms with Crippen LogP contribution in [0.4, 0.5) is 18.9 Å². The van der Waals surface area contributed by atoms with Gasteiger partial charge in [0.2, 0.25) is 0 Å². The van der Waals surface area contributed by atoms with E-state index in [1.807, 2.05) is 6.92 Å². The molecule has 0 bridgehead atoms. The zero-order valence-corrected chi connectivity index (χ0v) is 11.5. The lowest BCUT2D eigenvalue weighted by atomic mass is 10.2. The van der Waals surface area contributed by atoms with E-state index in [1.54, 1.807) is 0 Å². The minimum Gasteiger partial charge on any atom is -0.486 e. The van der Waals surface area contributed by atoms with Crippen molar-refractivity contribution in [2.75, 3.05) is 11.9 Å². The molecule has 0 fully saturated rings. The first-order chi connectivity index (χ1) is 8.75. The molecular weight excluding hydrogens is 331 g/mol. The average molecular weight is 342 g/mol. The SMILES string of the molecule is CC(CBr)COc1ccc(C(F)(F)F)cc1[N+](=O)[O-]. The van der Waals surface area contributed by atoms with Crippen molar-refractivity contribution in [3.8, 4) is 5.75 Å². The smallest absolute Gasteiger partial charge is 0.416 e. The molecule has 0 aliphatic carbocycles. The number of halogens is 4. The number of nitrogens with zero attached hydrogens (tertiary/aromatic N) is 1. The molecule has 1 aromatic rings. The van der Waals surface area contributed by atoms with Crippen LogP contribution in [-0.2, 0) is 6.18 Å². The lowest BCUT2D eigenvalue weighted by molar-refractivity contribution is -0.386. The topological polar surface area (TPSA) is 52.4 Å². The Hall–Kier alpha value is -1.31. The summed E-state index contributed by atoms with van der Waals surface area (Å²) in [4.78, 5) is 9.88. The van der Waals surface area contributed by atoms with Gasteiger partial charge in [0.25, 0.3) is 0 Å². The van der Waals surface area contributed by atoms with Gasteiger partial charge in [-0.3, -0.25) is 10.1 Å². The van der Waals surface area contributed by atoms with Gasteiger partial charge < -0.3 is 4.74 Å². The number of alkyl halides is 4. The van der Waals surface area contributed by atoms with Crippen molar-refractivity contribution < 1.29 is 22.8 Å². The van der Waals surface area contributed by atoms with Crippen molar-refractivity contribution in [1.82, 2.24) is 0 Å². The number of ether oxygens (including phenoxy) is 1. The highest BCUT2D eigenvalue weighted by Gasteiger charge is 2.33. The predicted octanol–water partition coefficient (Wildman–Crippen LogP) is 4.02. The molecule has 1 atom stereocenters. The zero-order chi connectivity index (χ0) is 14.6. The molecular formula is C11H11BrF3NO3. The third-order valence-corrected chi connectivity index (χ3v) is 3.38.